The molecule has 108 valence electrons. The monoisotopic (exact) mass is 273 g/mol. The number of hydrogen-bond acceptors (Lipinski definition) is 3. The number of rotatable bonds is 5. The SMILES string of the molecule is CCCC1CCC(C#N)C(Oc2ccccc2OC)C1. The summed E-state index contributed by atoms with van der Waals surface area (Å²) in [6.45, 7) is 2.21. The van der Waals surface area contributed by atoms with Crippen LogP contribution in [-0.4, -0.2) is 13.2 Å². The molecule has 3 nitrogen and oxygen atoms in total. The van der Waals surface area contributed by atoms with Gasteiger partial charge >= 0.3 is 0 Å². The minimum Gasteiger partial charge on any atom is -0.493 e. The van der Waals surface area contributed by atoms with Crippen molar-refractivity contribution in [3.63, 3.8) is 0 Å². The number of hydrogen-bond donors (Lipinski definition) is 0. The number of methoxy groups -OCH3 is 1. The lowest BCUT2D eigenvalue weighted by Crippen LogP contribution is -2.33. The molecule has 1 aliphatic carbocycles. The van der Waals surface area contributed by atoms with Gasteiger partial charge in [0.15, 0.2) is 11.5 Å². The average Bonchev–Trinajstić information content (AvgIpc) is 2.48. The number of nitriles is 1. The van der Waals surface area contributed by atoms with Crippen LogP contribution in [0, 0.1) is 23.2 Å². The smallest absolute Gasteiger partial charge is 0.161 e. The van der Waals surface area contributed by atoms with Crippen molar-refractivity contribution in [1.82, 2.24) is 0 Å². The standard InChI is InChI=1S/C17H23NO2/c1-3-6-13-9-10-14(12-18)17(11-13)20-16-8-5-4-7-15(16)19-2/h4-5,7-8,13-14,17H,3,6,9-11H2,1-2H3. The lowest BCUT2D eigenvalue weighted by atomic mass is 9.78. The molecular weight excluding hydrogens is 250 g/mol. The van der Waals surface area contributed by atoms with Gasteiger partial charge in [0.1, 0.15) is 6.10 Å². The van der Waals surface area contributed by atoms with Crippen LogP contribution in [0.15, 0.2) is 24.3 Å². The summed E-state index contributed by atoms with van der Waals surface area (Å²) in [5.74, 6) is 2.16. The third-order valence-electron chi connectivity index (χ3n) is 4.11. The van der Waals surface area contributed by atoms with E-state index in [9.17, 15) is 5.26 Å². The molecule has 1 saturated carbocycles. The van der Waals surface area contributed by atoms with E-state index in [1.807, 2.05) is 24.3 Å². The van der Waals surface area contributed by atoms with Crippen LogP contribution in [0.3, 0.4) is 0 Å². The molecule has 3 heteroatoms. The molecule has 0 aromatic heterocycles. The summed E-state index contributed by atoms with van der Waals surface area (Å²) >= 11 is 0. The highest BCUT2D eigenvalue weighted by atomic mass is 16.5. The Labute approximate surface area is 121 Å². The van der Waals surface area contributed by atoms with E-state index >= 15 is 0 Å². The van der Waals surface area contributed by atoms with Crippen LogP contribution in [0.1, 0.15) is 39.0 Å². The van der Waals surface area contributed by atoms with Crippen molar-refractivity contribution in [2.24, 2.45) is 11.8 Å². The molecule has 1 fully saturated rings. The molecule has 1 aromatic rings. The molecule has 0 amide bonds. The number of nitrogens with zero attached hydrogens (tertiary/aromatic N) is 1. The third-order valence-corrected chi connectivity index (χ3v) is 4.11. The Bertz CT molecular complexity index is 466. The van der Waals surface area contributed by atoms with Gasteiger partial charge in [-0.3, -0.25) is 0 Å². The zero-order chi connectivity index (χ0) is 14.4. The second-order valence-electron chi connectivity index (χ2n) is 5.51. The average molecular weight is 273 g/mol. The molecule has 3 atom stereocenters. The van der Waals surface area contributed by atoms with E-state index in [4.69, 9.17) is 9.47 Å². The molecule has 0 spiro atoms. The highest BCUT2D eigenvalue weighted by Crippen LogP contribution is 2.36. The second-order valence-corrected chi connectivity index (χ2v) is 5.51. The van der Waals surface area contributed by atoms with E-state index in [1.54, 1.807) is 7.11 Å². The first-order chi connectivity index (χ1) is 9.78. The summed E-state index contributed by atoms with van der Waals surface area (Å²) in [4.78, 5) is 0. The molecule has 0 radical (unpaired) electrons. The van der Waals surface area contributed by atoms with Gasteiger partial charge in [-0.05, 0) is 37.3 Å². The Hall–Kier alpha value is -1.69. The van der Waals surface area contributed by atoms with Gasteiger partial charge in [-0.15, -0.1) is 0 Å². The predicted octanol–water partition coefficient (Wildman–Crippen LogP) is 4.18. The fourth-order valence-corrected chi connectivity index (χ4v) is 3.04. The lowest BCUT2D eigenvalue weighted by Gasteiger charge is -2.33. The zero-order valence-corrected chi connectivity index (χ0v) is 12.3. The highest BCUT2D eigenvalue weighted by Gasteiger charge is 2.32. The molecule has 3 unspecified atom stereocenters. The topological polar surface area (TPSA) is 42.2 Å². The molecule has 2 rings (SSSR count). The minimum absolute atomic E-state index is 0.00646. The summed E-state index contributed by atoms with van der Waals surface area (Å²) in [5, 5.41) is 9.32. The Morgan fingerprint density at radius 3 is 2.65 bits per heavy atom. The van der Waals surface area contributed by atoms with Gasteiger partial charge < -0.3 is 9.47 Å². The van der Waals surface area contributed by atoms with Crippen molar-refractivity contribution in [2.75, 3.05) is 7.11 Å². The molecule has 20 heavy (non-hydrogen) atoms. The van der Waals surface area contributed by atoms with Gasteiger partial charge in [-0.1, -0.05) is 31.9 Å². The number of para-hydroxylation sites is 2. The first kappa shape index (κ1) is 14.7. The number of ether oxygens (including phenoxy) is 2. The van der Waals surface area contributed by atoms with Crippen LogP contribution in [-0.2, 0) is 0 Å². The van der Waals surface area contributed by atoms with Crippen LogP contribution < -0.4 is 9.47 Å². The zero-order valence-electron chi connectivity index (χ0n) is 12.3. The Morgan fingerprint density at radius 2 is 2.00 bits per heavy atom. The molecule has 1 aromatic carbocycles. The van der Waals surface area contributed by atoms with Crippen LogP contribution in [0.25, 0.3) is 0 Å². The van der Waals surface area contributed by atoms with Crippen molar-refractivity contribution in [1.29, 1.82) is 5.26 Å². The fraction of sp³-hybridized carbons (Fsp3) is 0.588. The fourth-order valence-electron chi connectivity index (χ4n) is 3.04. The van der Waals surface area contributed by atoms with Crippen molar-refractivity contribution in [2.45, 2.75) is 45.1 Å². The summed E-state index contributed by atoms with van der Waals surface area (Å²) in [6.07, 6.45) is 5.48. The van der Waals surface area contributed by atoms with Crippen molar-refractivity contribution in [3.05, 3.63) is 24.3 Å². The van der Waals surface area contributed by atoms with E-state index in [-0.39, 0.29) is 12.0 Å². The quantitative estimate of drug-likeness (QED) is 0.808. The van der Waals surface area contributed by atoms with Crippen molar-refractivity contribution >= 4 is 0 Å². The summed E-state index contributed by atoms with van der Waals surface area (Å²) in [5.41, 5.74) is 0. The summed E-state index contributed by atoms with van der Waals surface area (Å²) < 4.78 is 11.4. The van der Waals surface area contributed by atoms with Crippen LogP contribution in [0.4, 0.5) is 0 Å². The van der Waals surface area contributed by atoms with Gasteiger partial charge in [0.05, 0.1) is 19.1 Å². The van der Waals surface area contributed by atoms with Gasteiger partial charge in [-0.25, -0.2) is 0 Å². The van der Waals surface area contributed by atoms with Gasteiger partial charge in [0.25, 0.3) is 0 Å². The van der Waals surface area contributed by atoms with Crippen LogP contribution in [0.2, 0.25) is 0 Å². The molecule has 0 saturated heterocycles. The van der Waals surface area contributed by atoms with E-state index in [2.05, 4.69) is 13.0 Å². The molecular formula is C17H23NO2. The molecule has 0 aliphatic heterocycles. The number of benzene rings is 1. The van der Waals surface area contributed by atoms with Gasteiger partial charge in [0.2, 0.25) is 0 Å². The molecule has 0 bridgehead atoms. The first-order valence-corrected chi connectivity index (χ1v) is 7.47. The Balaban J connectivity index is 2.09. The molecule has 0 N–H and O–H groups in total. The van der Waals surface area contributed by atoms with E-state index in [0.717, 1.165) is 30.8 Å². The summed E-state index contributed by atoms with van der Waals surface area (Å²) in [7, 11) is 1.64. The van der Waals surface area contributed by atoms with Gasteiger partial charge in [-0.2, -0.15) is 5.26 Å². The van der Waals surface area contributed by atoms with E-state index in [0.29, 0.717) is 5.92 Å². The third kappa shape index (κ3) is 3.45. The maximum atomic E-state index is 9.32. The maximum absolute atomic E-state index is 9.32. The summed E-state index contributed by atoms with van der Waals surface area (Å²) in [6, 6.07) is 10.1. The van der Waals surface area contributed by atoms with Crippen molar-refractivity contribution in [3.8, 4) is 17.6 Å². The van der Waals surface area contributed by atoms with E-state index in [1.165, 1.54) is 12.8 Å². The lowest BCUT2D eigenvalue weighted by molar-refractivity contribution is 0.0847. The van der Waals surface area contributed by atoms with E-state index < -0.39 is 0 Å². The first-order valence-electron chi connectivity index (χ1n) is 7.47. The molecule has 0 heterocycles. The normalized spacial score (nSPS) is 25.8. The van der Waals surface area contributed by atoms with Gasteiger partial charge in [0, 0.05) is 0 Å². The highest BCUT2D eigenvalue weighted by molar-refractivity contribution is 5.39. The maximum Gasteiger partial charge on any atom is 0.161 e. The Morgan fingerprint density at radius 1 is 1.25 bits per heavy atom. The molecule has 1 aliphatic rings. The second kappa shape index (κ2) is 7.19. The Kier molecular flexibility index (Phi) is 5.29. The largest absolute Gasteiger partial charge is 0.493 e. The minimum atomic E-state index is -0.0124. The van der Waals surface area contributed by atoms with Crippen LogP contribution in [0.5, 0.6) is 11.5 Å². The van der Waals surface area contributed by atoms with Crippen LogP contribution >= 0.6 is 0 Å². The predicted molar refractivity (Wildman–Crippen MR) is 78.8 cm³/mol. The van der Waals surface area contributed by atoms with Crippen molar-refractivity contribution < 1.29 is 9.47 Å².